The first-order chi connectivity index (χ1) is 7.09. The van der Waals surface area contributed by atoms with Gasteiger partial charge in [0.05, 0.1) is 0 Å². The van der Waals surface area contributed by atoms with Crippen molar-refractivity contribution in [2.24, 2.45) is 11.8 Å². The van der Waals surface area contributed by atoms with Crippen LogP contribution >= 0.6 is 12.4 Å². The smallest absolute Gasteiger partial charge is 0.220 e. The van der Waals surface area contributed by atoms with Crippen molar-refractivity contribution in [2.45, 2.75) is 46.1 Å². The predicted molar refractivity (Wildman–Crippen MR) is 69.9 cm³/mol. The Morgan fingerprint density at radius 2 is 2.19 bits per heavy atom. The van der Waals surface area contributed by atoms with E-state index in [0.29, 0.717) is 24.3 Å². The zero-order chi connectivity index (χ0) is 11.3. The summed E-state index contributed by atoms with van der Waals surface area (Å²) in [6.07, 6.45) is 2.73. The van der Waals surface area contributed by atoms with Crippen LogP contribution in [0.3, 0.4) is 0 Å². The van der Waals surface area contributed by atoms with Gasteiger partial charge in [-0.1, -0.05) is 20.8 Å². The van der Waals surface area contributed by atoms with Gasteiger partial charge in [0.25, 0.3) is 0 Å². The number of carbonyl (C=O) groups excluding carboxylic acids is 1. The van der Waals surface area contributed by atoms with Crippen molar-refractivity contribution < 1.29 is 4.79 Å². The Kier molecular flexibility index (Phi) is 7.77. The topological polar surface area (TPSA) is 41.1 Å². The highest BCUT2D eigenvalue weighted by atomic mass is 35.5. The van der Waals surface area contributed by atoms with Gasteiger partial charge in [0.2, 0.25) is 5.91 Å². The Bertz CT molecular complexity index is 209. The summed E-state index contributed by atoms with van der Waals surface area (Å²) in [6.45, 7) is 8.55. The van der Waals surface area contributed by atoms with Gasteiger partial charge in [-0.15, -0.1) is 12.4 Å². The lowest BCUT2D eigenvalue weighted by atomic mass is 9.95. The summed E-state index contributed by atoms with van der Waals surface area (Å²) in [7, 11) is 0. The fourth-order valence-corrected chi connectivity index (χ4v) is 1.93. The molecule has 0 aromatic carbocycles. The minimum atomic E-state index is 0. The molecule has 2 N–H and O–H groups in total. The lowest BCUT2D eigenvalue weighted by molar-refractivity contribution is -0.122. The molecule has 2 atom stereocenters. The second-order valence-electron chi connectivity index (χ2n) is 5.08. The Hall–Kier alpha value is -0.280. The Morgan fingerprint density at radius 3 is 2.75 bits per heavy atom. The van der Waals surface area contributed by atoms with E-state index in [1.54, 1.807) is 0 Å². The van der Waals surface area contributed by atoms with Crippen LogP contribution in [0, 0.1) is 11.8 Å². The third-order valence-electron chi connectivity index (χ3n) is 3.08. The minimum Gasteiger partial charge on any atom is -0.353 e. The van der Waals surface area contributed by atoms with Gasteiger partial charge in [-0.2, -0.15) is 0 Å². The maximum Gasteiger partial charge on any atom is 0.220 e. The zero-order valence-electron chi connectivity index (χ0n) is 10.6. The third kappa shape index (κ3) is 5.71. The molecule has 1 saturated heterocycles. The molecule has 96 valence electrons. The first kappa shape index (κ1) is 15.7. The highest BCUT2D eigenvalue weighted by Gasteiger charge is 2.22. The van der Waals surface area contributed by atoms with E-state index >= 15 is 0 Å². The Labute approximate surface area is 105 Å². The maximum absolute atomic E-state index is 11.6. The molecule has 1 rings (SSSR count). The number of hydrogen-bond acceptors (Lipinski definition) is 2. The molecule has 0 spiro atoms. The zero-order valence-corrected chi connectivity index (χ0v) is 11.4. The average molecular weight is 249 g/mol. The van der Waals surface area contributed by atoms with Gasteiger partial charge in [-0.25, -0.2) is 0 Å². The van der Waals surface area contributed by atoms with Crippen LogP contribution < -0.4 is 10.6 Å². The second-order valence-corrected chi connectivity index (χ2v) is 5.08. The van der Waals surface area contributed by atoms with E-state index in [0.717, 1.165) is 25.9 Å². The molecule has 1 fully saturated rings. The highest BCUT2D eigenvalue weighted by molar-refractivity contribution is 5.85. The first-order valence-electron chi connectivity index (χ1n) is 6.09. The Morgan fingerprint density at radius 1 is 1.50 bits per heavy atom. The molecule has 16 heavy (non-hydrogen) atoms. The molecule has 0 aromatic heterocycles. The molecule has 1 heterocycles. The van der Waals surface area contributed by atoms with E-state index in [1.807, 2.05) is 0 Å². The van der Waals surface area contributed by atoms with E-state index < -0.39 is 0 Å². The fourth-order valence-electron chi connectivity index (χ4n) is 1.93. The number of carbonyl (C=O) groups is 1. The minimum absolute atomic E-state index is 0. The molecule has 0 aliphatic carbocycles. The standard InChI is InChI=1S/C12H24N2O.ClH/c1-9(2)4-5-12(15)14-11-6-7-13-8-10(11)3;/h9-11,13H,4-8H2,1-3H3,(H,14,15);1H. The van der Waals surface area contributed by atoms with Gasteiger partial charge in [0.1, 0.15) is 0 Å². The van der Waals surface area contributed by atoms with Crippen molar-refractivity contribution in [3.05, 3.63) is 0 Å². The number of amides is 1. The second kappa shape index (κ2) is 7.91. The van der Waals surface area contributed by atoms with Gasteiger partial charge in [-0.05, 0) is 37.8 Å². The van der Waals surface area contributed by atoms with Crippen molar-refractivity contribution in [1.82, 2.24) is 10.6 Å². The predicted octanol–water partition coefficient (Wildman–Crippen LogP) is 1.96. The van der Waals surface area contributed by atoms with Crippen LogP contribution in [0.2, 0.25) is 0 Å². The number of halogens is 1. The normalized spacial score (nSPS) is 25.0. The molecule has 0 aromatic rings. The third-order valence-corrected chi connectivity index (χ3v) is 3.08. The van der Waals surface area contributed by atoms with Gasteiger partial charge < -0.3 is 10.6 Å². The Balaban J connectivity index is 0.00000225. The SMILES string of the molecule is CC(C)CCC(=O)NC1CCNCC1C.Cl. The lowest BCUT2D eigenvalue weighted by Crippen LogP contribution is -2.48. The summed E-state index contributed by atoms with van der Waals surface area (Å²) in [5.41, 5.74) is 0. The van der Waals surface area contributed by atoms with Crippen LogP contribution in [0.5, 0.6) is 0 Å². The molecule has 0 radical (unpaired) electrons. The van der Waals surface area contributed by atoms with Gasteiger partial charge in [0.15, 0.2) is 0 Å². The van der Waals surface area contributed by atoms with E-state index in [9.17, 15) is 4.79 Å². The number of hydrogen-bond donors (Lipinski definition) is 2. The molecule has 1 aliphatic rings. The van der Waals surface area contributed by atoms with Gasteiger partial charge in [0, 0.05) is 12.5 Å². The quantitative estimate of drug-likeness (QED) is 0.799. The average Bonchev–Trinajstić information content (AvgIpc) is 2.18. The summed E-state index contributed by atoms with van der Waals surface area (Å²) in [6, 6.07) is 0.380. The molecular weight excluding hydrogens is 224 g/mol. The van der Waals surface area contributed by atoms with E-state index in [4.69, 9.17) is 0 Å². The fraction of sp³-hybridized carbons (Fsp3) is 0.917. The molecule has 0 bridgehead atoms. The van der Waals surface area contributed by atoms with Crippen molar-refractivity contribution in [3.8, 4) is 0 Å². The van der Waals surface area contributed by atoms with Crippen molar-refractivity contribution in [2.75, 3.05) is 13.1 Å². The highest BCUT2D eigenvalue weighted by Crippen LogP contribution is 2.11. The molecular formula is C12H25ClN2O. The summed E-state index contributed by atoms with van der Waals surface area (Å²) < 4.78 is 0. The van der Waals surface area contributed by atoms with Crippen molar-refractivity contribution in [1.29, 1.82) is 0 Å². The number of piperidine rings is 1. The summed E-state index contributed by atoms with van der Waals surface area (Å²) in [5.74, 6) is 1.39. The summed E-state index contributed by atoms with van der Waals surface area (Å²) in [4.78, 5) is 11.6. The van der Waals surface area contributed by atoms with Crippen LogP contribution in [-0.4, -0.2) is 25.0 Å². The van der Waals surface area contributed by atoms with Crippen LogP contribution in [0.15, 0.2) is 0 Å². The molecule has 4 heteroatoms. The first-order valence-corrected chi connectivity index (χ1v) is 6.09. The van der Waals surface area contributed by atoms with E-state index in [2.05, 4.69) is 31.4 Å². The summed E-state index contributed by atoms with van der Waals surface area (Å²) >= 11 is 0. The van der Waals surface area contributed by atoms with Crippen LogP contribution in [0.1, 0.15) is 40.0 Å². The van der Waals surface area contributed by atoms with E-state index in [-0.39, 0.29) is 18.3 Å². The monoisotopic (exact) mass is 248 g/mol. The van der Waals surface area contributed by atoms with Crippen molar-refractivity contribution in [3.63, 3.8) is 0 Å². The number of nitrogens with one attached hydrogen (secondary N) is 2. The van der Waals surface area contributed by atoms with Crippen LogP contribution in [-0.2, 0) is 4.79 Å². The largest absolute Gasteiger partial charge is 0.353 e. The van der Waals surface area contributed by atoms with Gasteiger partial charge in [-0.3, -0.25) is 4.79 Å². The molecule has 1 aliphatic heterocycles. The van der Waals surface area contributed by atoms with Crippen molar-refractivity contribution >= 4 is 18.3 Å². The van der Waals surface area contributed by atoms with Gasteiger partial charge >= 0.3 is 0 Å². The summed E-state index contributed by atoms with van der Waals surface area (Å²) in [5, 5.41) is 6.48. The maximum atomic E-state index is 11.6. The number of rotatable bonds is 4. The van der Waals surface area contributed by atoms with Crippen LogP contribution in [0.25, 0.3) is 0 Å². The lowest BCUT2D eigenvalue weighted by Gasteiger charge is -2.30. The van der Waals surface area contributed by atoms with Crippen LogP contribution in [0.4, 0.5) is 0 Å². The van der Waals surface area contributed by atoms with E-state index in [1.165, 1.54) is 0 Å². The molecule has 2 unspecified atom stereocenters. The molecule has 1 amide bonds. The molecule has 0 saturated carbocycles. The molecule has 3 nitrogen and oxygen atoms in total.